The summed E-state index contributed by atoms with van der Waals surface area (Å²) in [5.41, 5.74) is 0.977. The minimum Gasteiger partial charge on any atom is -0.497 e. The largest absolute Gasteiger partial charge is 0.497 e. The van der Waals surface area contributed by atoms with Gasteiger partial charge in [-0.25, -0.2) is 0 Å². The van der Waals surface area contributed by atoms with Crippen molar-refractivity contribution < 1.29 is 14.3 Å². The van der Waals surface area contributed by atoms with Gasteiger partial charge >= 0.3 is 0 Å². The molecule has 1 aliphatic heterocycles. The van der Waals surface area contributed by atoms with Gasteiger partial charge in [0.05, 0.1) is 19.6 Å². The Balaban J connectivity index is 1.81. The summed E-state index contributed by atoms with van der Waals surface area (Å²) in [5.74, 6) is 0.903. The van der Waals surface area contributed by atoms with E-state index < -0.39 is 0 Å². The molecule has 1 saturated heterocycles. The molecule has 1 aromatic carbocycles. The standard InChI is InChI=1S/C19H27N3O3/c1-4-9-20-19(24)15(2)21-10-12-22(13-11-21)18(23)14-16-5-7-17(25-3)8-6-16/h4-8,15H,1,9-14H2,2-3H3,(H,20,24)/t15-/m0/s1. The fourth-order valence-electron chi connectivity index (χ4n) is 2.87. The van der Waals surface area contributed by atoms with Crippen LogP contribution in [0.4, 0.5) is 0 Å². The lowest BCUT2D eigenvalue weighted by molar-refractivity contribution is -0.133. The highest BCUT2D eigenvalue weighted by Gasteiger charge is 2.27. The summed E-state index contributed by atoms with van der Waals surface area (Å²) in [7, 11) is 1.62. The van der Waals surface area contributed by atoms with E-state index in [1.54, 1.807) is 13.2 Å². The molecule has 0 bridgehead atoms. The van der Waals surface area contributed by atoms with Crippen molar-refractivity contribution in [2.45, 2.75) is 19.4 Å². The lowest BCUT2D eigenvalue weighted by Crippen LogP contribution is -2.55. The monoisotopic (exact) mass is 345 g/mol. The van der Waals surface area contributed by atoms with E-state index >= 15 is 0 Å². The van der Waals surface area contributed by atoms with Crippen molar-refractivity contribution in [3.05, 3.63) is 42.5 Å². The number of nitrogens with zero attached hydrogens (tertiary/aromatic N) is 2. The number of nitrogens with one attached hydrogen (secondary N) is 1. The van der Waals surface area contributed by atoms with E-state index in [0.29, 0.717) is 39.1 Å². The Hall–Kier alpha value is -2.34. The summed E-state index contributed by atoms with van der Waals surface area (Å²) in [6.07, 6.45) is 2.06. The van der Waals surface area contributed by atoms with Gasteiger partial charge in [0.2, 0.25) is 11.8 Å². The lowest BCUT2D eigenvalue weighted by Gasteiger charge is -2.37. The summed E-state index contributed by atoms with van der Waals surface area (Å²) in [6, 6.07) is 7.37. The molecule has 0 aliphatic carbocycles. The molecule has 1 N–H and O–H groups in total. The molecule has 1 heterocycles. The molecule has 0 radical (unpaired) electrons. The molecule has 25 heavy (non-hydrogen) atoms. The Labute approximate surface area is 149 Å². The SMILES string of the molecule is C=CCNC(=O)[C@H](C)N1CCN(C(=O)Cc2ccc(OC)cc2)CC1. The Morgan fingerprint density at radius 2 is 1.88 bits per heavy atom. The van der Waals surface area contributed by atoms with Gasteiger partial charge < -0.3 is 15.0 Å². The van der Waals surface area contributed by atoms with Gasteiger partial charge in [0.15, 0.2) is 0 Å². The first-order valence-corrected chi connectivity index (χ1v) is 8.58. The van der Waals surface area contributed by atoms with Crippen LogP contribution >= 0.6 is 0 Å². The van der Waals surface area contributed by atoms with Gasteiger partial charge in [0.1, 0.15) is 5.75 Å². The molecular formula is C19H27N3O3. The maximum absolute atomic E-state index is 12.5. The molecule has 2 amide bonds. The number of methoxy groups -OCH3 is 1. The van der Waals surface area contributed by atoms with E-state index in [2.05, 4.69) is 16.8 Å². The van der Waals surface area contributed by atoms with E-state index in [4.69, 9.17) is 4.74 Å². The van der Waals surface area contributed by atoms with Crippen LogP contribution in [0.2, 0.25) is 0 Å². The number of carbonyl (C=O) groups excluding carboxylic acids is 2. The zero-order valence-electron chi connectivity index (χ0n) is 15.0. The third-order valence-corrected chi connectivity index (χ3v) is 4.53. The first-order chi connectivity index (χ1) is 12.0. The van der Waals surface area contributed by atoms with Crippen LogP contribution < -0.4 is 10.1 Å². The van der Waals surface area contributed by atoms with Crippen LogP contribution in [0.1, 0.15) is 12.5 Å². The molecule has 1 fully saturated rings. The van der Waals surface area contributed by atoms with Crippen LogP contribution in [-0.4, -0.2) is 67.5 Å². The fourth-order valence-corrected chi connectivity index (χ4v) is 2.87. The van der Waals surface area contributed by atoms with Crippen molar-refractivity contribution in [2.75, 3.05) is 39.8 Å². The quantitative estimate of drug-likeness (QED) is 0.751. The first-order valence-electron chi connectivity index (χ1n) is 8.58. The normalized spacial score (nSPS) is 16.2. The second kappa shape index (κ2) is 9.22. The van der Waals surface area contributed by atoms with Crippen LogP contribution in [0.15, 0.2) is 36.9 Å². The lowest BCUT2D eigenvalue weighted by atomic mass is 10.1. The molecule has 0 saturated carbocycles. The molecule has 1 aromatic rings. The van der Waals surface area contributed by atoms with Crippen molar-refractivity contribution in [3.63, 3.8) is 0 Å². The Bertz CT molecular complexity index is 592. The number of ether oxygens (including phenoxy) is 1. The minimum atomic E-state index is -0.196. The zero-order chi connectivity index (χ0) is 18.2. The molecule has 1 aliphatic rings. The maximum atomic E-state index is 12.5. The molecular weight excluding hydrogens is 318 g/mol. The minimum absolute atomic E-state index is 0.00194. The highest BCUT2D eigenvalue weighted by Crippen LogP contribution is 2.13. The first kappa shape index (κ1) is 19.0. The van der Waals surface area contributed by atoms with Gasteiger partial charge in [-0.05, 0) is 24.6 Å². The van der Waals surface area contributed by atoms with Crippen molar-refractivity contribution in [2.24, 2.45) is 0 Å². The number of hydrogen-bond donors (Lipinski definition) is 1. The third-order valence-electron chi connectivity index (χ3n) is 4.53. The summed E-state index contributed by atoms with van der Waals surface area (Å²) >= 11 is 0. The molecule has 1 atom stereocenters. The summed E-state index contributed by atoms with van der Waals surface area (Å²) < 4.78 is 5.13. The van der Waals surface area contributed by atoms with Crippen LogP contribution in [0.5, 0.6) is 5.75 Å². The molecule has 2 rings (SSSR count). The van der Waals surface area contributed by atoms with Crippen molar-refractivity contribution >= 4 is 11.8 Å². The smallest absolute Gasteiger partial charge is 0.237 e. The van der Waals surface area contributed by atoms with E-state index in [9.17, 15) is 9.59 Å². The van der Waals surface area contributed by atoms with Crippen molar-refractivity contribution in [3.8, 4) is 5.75 Å². The Morgan fingerprint density at radius 3 is 2.44 bits per heavy atom. The van der Waals surface area contributed by atoms with E-state index in [1.807, 2.05) is 36.1 Å². The zero-order valence-corrected chi connectivity index (χ0v) is 15.0. The van der Waals surface area contributed by atoms with Gasteiger partial charge in [-0.1, -0.05) is 18.2 Å². The topological polar surface area (TPSA) is 61.9 Å². The van der Waals surface area contributed by atoms with Gasteiger partial charge in [-0.3, -0.25) is 14.5 Å². The van der Waals surface area contributed by atoms with Crippen molar-refractivity contribution in [1.82, 2.24) is 15.1 Å². The van der Waals surface area contributed by atoms with Gasteiger partial charge in [0.25, 0.3) is 0 Å². The van der Waals surface area contributed by atoms with Gasteiger partial charge in [-0.15, -0.1) is 6.58 Å². The number of benzene rings is 1. The number of piperazine rings is 1. The molecule has 136 valence electrons. The molecule has 6 nitrogen and oxygen atoms in total. The van der Waals surface area contributed by atoms with E-state index in [0.717, 1.165) is 11.3 Å². The van der Waals surface area contributed by atoms with Crippen LogP contribution in [0, 0.1) is 0 Å². The average Bonchev–Trinajstić information content (AvgIpc) is 2.66. The number of hydrogen-bond acceptors (Lipinski definition) is 4. The van der Waals surface area contributed by atoms with Gasteiger partial charge in [0, 0.05) is 32.7 Å². The molecule has 0 unspecified atom stereocenters. The third kappa shape index (κ3) is 5.32. The molecule has 0 aromatic heterocycles. The summed E-state index contributed by atoms with van der Waals surface area (Å²) in [6.45, 7) is 8.67. The maximum Gasteiger partial charge on any atom is 0.237 e. The second-order valence-corrected chi connectivity index (χ2v) is 6.15. The predicted molar refractivity (Wildman–Crippen MR) is 97.5 cm³/mol. The van der Waals surface area contributed by atoms with Gasteiger partial charge in [-0.2, -0.15) is 0 Å². The van der Waals surface area contributed by atoms with Crippen LogP contribution in [-0.2, 0) is 16.0 Å². The van der Waals surface area contributed by atoms with Crippen LogP contribution in [0.3, 0.4) is 0 Å². The van der Waals surface area contributed by atoms with Crippen LogP contribution in [0.25, 0.3) is 0 Å². The highest BCUT2D eigenvalue weighted by atomic mass is 16.5. The summed E-state index contributed by atoms with van der Waals surface area (Å²) in [4.78, 5) is 28.5. The highest BCUT2D eigenvalue weighted by molar-refractivity contribution is 5.81. The van der Waals surface area contributed by atoms with E-state index in [-0.39, 0.29) is 17.9 Å². The summed E-state index contributed by atoms with van der Waals surface area (Å²) in [5, 5.41) is 2.82. The number of amides is 2. The number of rotatable bonds is 7. The average molecular weight is 345 g/mol. The Morgan fingerprint density at radius 1 is 1.24 bits per heavy atom. The van der Waals surface area contributed by atoms with Crippen molar-refractivity contribution in [1.29, 1.82) is 0 Å². The van der Waals surface area contributed by atoms with E-state index in [1.165, 1.54) is 0 Å². The number of carbonyl (C=O) groups is 2. The molecule has 6 heteroatoms. The molecule has 0 spiro atoms. The fraction of sp³-hybridized carbons (Fsp3) is 0.474. The Kier molecular flexibility index (Phi) is 7.01. The second-order valence-electron chi connectivity index (χ2n) is 6.15. The predicted octanol–water partition coefficient (Wildman–Crippen LogP) is 1.07.